The summed E-state index contributed by atoms with van der Waals surface area (Å²) < 4.78 is 25.6. The number of benzene rings is 1. The minimum Gasteiger partial charge on any atom is -0.496 e. The molecule has 0 bridgehead atoms. The SMILES string of the molecule is [2H]C([2H])([2H])Oc1ccc(CN)cc1C. The molecule has 0 aliphatic carbocycles. The molecule has 1 aromatic rings. The molecule has 0 saturated carbocycles. The first-order chi connectivity index (χ1) is 6.42. The fraction of sp³-hybridized carbons (Fsp3) is 0.333. The summed E-state index contributed by atoms with van der Waals surface area (Å²) in [6.45, 7) is 2.23. The maximum absolute atomic E-state index is 6.95. The van der Waals surface area contributed by atoms with Gasteiger partial charge in [-0.2, -0.15) is 0 Å². The van der Waals surface area contributed by atoms with E-state index in [9.17, 15) is 0 Å². The van der Waals surface area contributed by atoms with Gasteiger partial charge in [-0.15, -0.1) is 0 Å². The molecule has 1 aromatic carbocycles. The second-order valence-corrected chi connectivity index (χ2v) is 2.41. The average Bonchev–Trinajstić information content (AvgIpc) is 2.06. The van der Waals surface area contributed by atoms with Crippen molar-refractivity contribution in [1.29, 1.82) is 0 Å². The van der Waals surface area contributed by atoms with E-state index in [1.165, 1.54) is 0 Å². The van der Waals surface area contributed by atoms with Gasteiger partial charge in [0.1, 0.15) is 5.75 Å². The van der Waals surface area contributed by atoms with Crippen LogP contribution >= 0.6 is 0 Å². The molecular weight excluding hydrogens is 138 g/mol. The van der Waals surface area contributed by atoms with E-state index in [1.807, 2.05) is 6.07 Å². The first-order valence-corrected chi connectivity index (χ1v) is 3.41. The first-order valence-electron chi connectivity index (χ1n) is 4.91. The zero-order valence-electron chi connectivity index (χ0n) is 9.42. The van der Waals surface area contributed by atoms with Crippen LogP contribution < -0.4 is 10.5 Å². The molecule has 0 unspecified atom stereocenters. The van der Waals surface area contributed by atoms with E-state index < -0.39 is 7.04 Å². The largest absolute Gasteiger partial charge is 0.496 e. The van der Waals surface area contributed by atoms with Crippen LogP contribution in [0.2, 0.25) is 0 Å². The molecule has 0 amide bonds. The van der Waals surface area contributed by atoms with Gasteiger partial charge in [-0.25, -0.2) is 0 Å². The van der Waals surface area contributed by atoms with Crippen molar-refractivity contribution in [3.05, 3.63) is 29.3 Å². The highest BCUT2D eigenvalue weighted by atomic mass is 16.5. The quantitative estimate of drug-likeness (QED) is 0.700. The Morgan fingerprint density at radius 2 is 2.45 bits per heavy atom. The van der Waals surface area contributed by atoms with Gasteiger partial charge >= 0.3 is 0 Å². The predicted octanol–water partition coefficient (Wildman–Crippen LogP) is 1.46. The summed E-state index contributed by atoms with van der Waals surface area (Å²) in [5, 5.41) is 0. The third-order valence-corrected chi connectivity index (χ3v) is 1.59. The zero-order chi connectivity index (χ0) is 10.8. The van der Waals surface area contributed by atoms with Crippen molar-refractivity contribution in [3.63, 3.8) is 0 Å². The van der Waals surface area contributed by atoms with Crippen LogP contribution in [0.1, 0.15) is 15.2 Å². The highest BCUT2D eigenvalue weighted by Gasteiger charge is 1.96. The zero-order valence-corrected chi connectivity index (χ0v) is 6.42. The maximum atomic E-state index is 6.95. The van der Waals surface area contributed by atoms with Crippen molar-refractivity contribution in [3.8, 4) is 5.75 Å². The van der Waals surface area contributed by atoms with E-state index in [2.05, 4.69) is 0 Å². The summed E-state index contributed by atoms with van der Waals surface area (Å²) >= 11 is 0. The summed E-state index contributed by atoms with van der Waals surface area (Å²) in [5.74, 6) is 0.377. The third kappa shape index (κ3) is 1.71. The lowest BCUT2D eigenvalue weighted by Gasteiger charge is -2.05. The Morgan fingerprint density at radius 1 is 1.64 bits per heavy atom. The summed E-state index contributed by atoms with van der Waals surface area (Å²) in [6.07, 6.45) is 0. The standard InChI is InChI=1S/C9H13NO/c1-7-5-8(6-10)3-4-9(7)11-2/h3-5H,6,10H2,1-2H3/i2D3. The normalized spacial score (nSPS) is 14.9. The average molecular weight is 154 g/mol. The number of rotatable bonds is 2. The van der Waals surface area contributed by atoms with Gasteiger partial charge < -0.3 is 10.5 Å². The van der Waals surface area contributed by atoms with Crippen LogP contribution in [0.3, 0.4) is 0 Å². The van der Waals surface area contributed by atoms with E-state index in [0.717, 1.165) is 11.1 Å². The van der Waals surface area contributed by atoms with Gasteiger partial charge in [0.15, 0.2) is 0 Å². The van der Waals surface area contributed by atoms with Gasteiger partial charge in [-0.1, -0.05) is 12.1 Å². The minimum absolute atomic E-state index is 0.377. The molecule has 0 radical (unpaired) electrons. The molecular formula is C9H13NO. The molecule has 2 nitrogen and oxygen atoms in total. The van der Waals surface area contributed by atoms with Crippen LogP contribution in [0.4, 0.5) is 0 Å². The van der Waals surface area contributed by atoms with Crippen LogP contribution in [0, 0.1) is 6.92 Å². The topological polar surface area (TPSA) is 35.2 Å². The van der Waals surface area contributed by atoms with Crippen molar-refractivity contribution in [1.82, 2.24) is 0 Å². The number of aryl methyl sites for hydroxylation is 1. The van der Waals surface area contributed by atoms with Gasteiger partial charge in [0, 0.05) is 6.54 Å². The van der Waals surface area contributed by atoms with E-state index in [0.29, 0.717) is 12.3 Å². The molecule has 2 heteroatoms. The third-order valence-electron chi connectivity index (χ3n) is 1.59. The Labute approximate surface area is 71.2 Å². The van der Waals surface area contributed by atoms with Crippen LogP contribution in [0.5, 0.6) is 5.75 Å². The lowest BCUT2D eigenvalue weighted by molar-refractivity contribution is 0.411. The molecule has 0 saturated heterocycles. The Balaban J connectivity index is 2.89. The lowest BCUT2D eigenvalue weighted by Crippen LogP contribution is -1.97. The fourth-order valence-corrected chi connectivity index (χ4v) is 0.953. The number of hydrogen-bond donors (Lipinski definition) is 1. The summed E-state index contributed by atoms with van der Waals surface area (Å²) in [4.78, 5) is 0. The molecule has 11 heavy (non-hydrogen) atoms. The van der Waals surface area contributed by atoms with Crippen LogP contribution in [0.25, 0.3) is 0 Å². The lowest BCUT2D eigenvalue weighted by atomic mass is 10.1. The summed E-state index contributed by atoms with van der Waals surface area (Å²) in [6, 6.07) is 5.21. The Morgan fingerprint density at radius 3 is 3.00 bits per heavy atom. The van der Waals surface area contributed by atoms with Crippen molar-refractivity contribution in [2.75, 3.05) is 7.04 Å². The smallest absolute Gasteiger partial charge is 0.121 e. The molecule has 0 aliphatic rings. The summed E-state index contributed by atoms with van der Waals surface area (Å²) in [5.41, 5.74) is 7.18. The second-order valence-electron chi connectivity index (χ2n) is 2.41. The van der Waals surface area contributed by atoms with Crippen LogP contribution in [-0.4, -0.2) is 7.04 Å². The number of hydrogen-bond acceptors (Lipinski definition) is 2. The minimum atomic E-state index is -2.39. The maximum Gasteiger partial charge on any atom is 0.121 e. The van der Waals surface area contributed by atoms with E-state index in [-0.39, 0.29) is 0 Å². The van der Waals surface area contributed by atoms with Gasteiger partial charge in [-0.3, -0.25) is 0 Å². The number of nitrogens with two attached hydrogens (primary N) is 1. The molecule has 0 spiro atoms. The van der Waals surface area contributed by atoms with Crippen molar-refractivity contribution in [2.24, 2.45) is 5.73 Å². The molecule has 0 aliphatic heterocycles. The molecule has 0 fully saturated rings. The number of methoxy groups -OCH3 is 1. The van der Waals surface area contributed by atoms with Crippen LogP contribution in [0.15, 0.2) is 18.2 Å². The highest BCUT2D eigenvalue weighted by molar-refractivity contribution is 5.35. The van der Waals surface area contributed by atoms with Crippen LogP contribution in [-0.2, 0) is 6.54 Å². The molecule has 0 atom stereocenters. The van der Waals surface area contributed by atoms with Gasteiger partial charge in [0.2, 0.25) is 0 Å². The van der Waals surface area contributed by atoms with E-state index in [1.54, 1.807) is 19.1 Å². The van der Waals surface area contributed by atoms with E-state index >= 15 is 0 Å². The predicted molar refractivity (Wildman–Crippen MR) is 45.6 cm³/mol. The van der Waals surface area contributed by atoms with E-state index in [4.69, 9.17) is 14.6 Å². The molecule has 0 heterocycles. The second kappa shape index (κ2) is 3.39. The first kappa shape index (κ1) is 4.78. The van der Waals surface area contributed by atoms with Crippen molar-refractivity contribution in [2.45, 2.75) is 13.5 Å². The molecule has 60 valence electrons. The summed E-state index contributed by atoms with van der Waals surface area (Å²) in [7, 11) is -2.39. The Bertz CT molecular complexity index is 322. The van der Waals surface area contributed by atoms with Crippen molar-refractivity contribution >= 4 is 0 Å². The van der Waals surface area contributed by atoms with Crippen molar-refractivity contribution < 1.29 is 8.85 Å². The van der Waals surface area contributed by atoms with Gasteiger partial charge in [0.25, 0.3) is 0 Å². The molecule has 1 rings (SSSR count). The Kier molecular flexibility index (Phi) is 1.47. The monoisotopic (exact) mass is 154 g/mol. The van der Waals surface area contributed by atoms with Gasteiger partial charge in [-0.05, 0) is 24.1 Å². The van der Waals surface area contributed by atoms with Gasteiger partial charge in [0.05, 0.1) is 11.2 Å². The fourth-order valence-electron chi connectivity index (χ4n) is 0.953. The molecule has 2 N–H and O–H groups in total. The molecule has 0 aromatic heterocycles. The highest BCUT2D eigenvalue weighted by Crippen LogP contribution is 2.17. The Hall–Kier alpha value is -1.02. The number of ether oxygens (including phenoxy) is 1.